The largest absolute Gasteiger partial charge is 0.490 e. The van der Waals surface area contributed by atoms with Gasteiger partial charge in [-0.1, -0.05) is 30.3 Å². The molecule has 0 aromatic heterocycles. The summed E-state index contributed by atoms with van der Waals surface area (Å²) >= 11 is 0. The van der Waals surface area contributed by atoms with Crippen molar-refractivity contribution in [2.75, 3.05) is 7.05 Å². The molecule has 2 aromatic carbocycles. The molecule has 2 atom stereocenters. The minimum atomic E-state index is -0.147. The smallest absolute Gasteiger partial charge is 0.131 e. The van der Waals surface area contributed by atoms with Crippen LogP contribution in [-0.4, -0.2) is 13.2 Å². The lowest BCUT2D eigenvalue weighted by Gasteiger charge is -2.19. The van der Waals surface area contributed by atoms with Crippen molar-refractivity contribution in [2.24, 2.45) is 0 Å². The van der Waals surface area contributed by atoms with E-state index in [9.17, 15) is 4.39 Å². The zero-order valence-corrected chi connectivity index (χ0v) is 12.6. The Morgan fingerprint density at radius 2 is 2.10 bits per heavy atom. The lowest BCUT2D eigenvalue weighted by atomic mass is 9.94. The first-order valence-corrected chi connectivity index (χ1v) is 7.32. The summed E-state index contributed by atoms with van der Waals surface area (Å²) < 4.78 is 20.1. The highest BCUT2D eigenvalue weighted by Gasteiger charge is 2.22. The molecule has 3 rings (SSSR count). The molecule has 0 aliphatic carbocycles. The van der Waals surface area contributed by atoms with Gasteiger partial charge in [-0.05, 0) is 43.7 Å². The number of ether oxygens (including phenoxy) is 1. The molecule has 0 radical (unpaired) electrons. The van der Waals surface area contributed by atoms with Gasteiger partial charge in [0.25, 0.3) is 0 Å². The van der Waals surface area contributed by atoms with E-state index >= 15 is 0 Å². The zero-order chi connectivity index (χ0) is 15.0. The number of hydrogen-bond donors (Lipinski definition) is 1. The van der Waals surface area contributed by atoms with Crippen molar-refractivity contribution in [3.05, 3.63) is 64.5 Å². The molecule has 2 unspecified atom stereocenters. The Balaban J connectivity index is 2.01. The Hall–Kier alpha value is -1.87. The van der Waals surface area contributed by atoms with Crippen LogP contribution < -0.4 is 10.1 Å². The Morgan fingerprint density at radius 3 is 2.86 bits per heavy atom. The van der Waals surface area contributed by atoms with Crippen LogP contribution in [0.5, 0.6) is 5.75 Å². The molecule has 0 bridgehead atoms. The van der Waals surface area contributed by atoms with Crippen LogP contribution in [0.1, 0.15) is 35.2 Å². The summed E-state index contributed by atoms with van der Waals surface area (Å²) in [6.45, 7) is 3.86. The van der Waals surface area contributed by atoms with E-state index in [0.29, 0.717) is 11.1 Å². The molecule has 1 N–H and O–H groups in total. The summed E-state index contributed by atoms with van der Waals surface area (Å²) in [6.07, 6.45) is 1.13. The number of halogens is 1. The van der Waals surface area contributed by atoms with Gasteiger partial charge in [-0.2, -0.15) is 0 Å². The highest BCUT2D eigenvalue weighted by Crippen LogP contribution is 2.33. The van der Waals surface area contributed by atoms with Gasteiger partial charge in [-0.25, -0.2) is 4.39 Å². The van der Waals surface area contributed by atoms with Crippen LogP contribution in [-0.2, 0) is 6.42 Å². The number of fused-ring (bicyclic) bond motifs is 1. The maximum atomic E-state index is 14.4. The average Bonchev–Trinajstić information content (AvgIpc) is 2.83. The topological polar surface area (TPSA) is 21.3 Å². The van der Waals surface area contributed by atoms with Gasteiger partial charge in [-0.3, -0.25) is 0 Å². The zero-order valence-electron chi connectivity index (χ0n) is 12.6. The first-order chi connectivity index (χ1) is 10.1. The Morgan fingerprint density at radius 1 is 1.29 bits per heavy atom. The van der Waals surface area contributed by atoms with Gasteiger partial charge in [0.05, 0.1) is 6.04 Å². The number of aryl methyl sites for hydroxylation is 1. The minimum absolute atomic E-state index is 0.137. The highest BCUT2D eigenvalue weighted by atomic mass is 19.1. The van der Waals surface area contributed by atoms with Crippen molar-refractivity contribution in [3.63, 3.8) is 0 Å². The molecule has 0 saturated heterocycles. The van der Waals surface area contributed by atoms with Crippen LogP contribution in [0.4, 0.5) is 4.39 Å². The molecule has 0 spiro atoms. The monoisotopic (exact) mass is 285 g/mol. The normalized spacial score (nSPS) is 18.2. The minimum Gasteiger partial charge on any atom is -0.490 e. The molecular weight excluding hydrogens is 265 g/mol. The summed E-state index contributed by atoms with van der Waals surface area (Å²) in [4.78, 5) is 0. The van der Waals surface area contributed by atoms with Crippen molar-refractivity contribution in [1.29, 1.82) is 0 Å². The van der Waals surface area contributed by atoms with Crippen LogP contribution in [0.2, 0.25) is 0 Å². The molecule has 0 amide bonds. The molecule has 1 aliphatic rings. The summed E-state index contributed by atoms with van der Waals surface area (Å²) in [6, 6.07) is 11.5. The summed E-state index contributed by atoms with van der Waals surface area (Å²) in [5.41, 5.74) is 3.63. The third-order valence-electron chi connectivity index (χ3n) is 4.07. The highest BCUT2D eigenvalue weighted by molar-refractivity contribution is 5.44. The van der Waals surface area contributed by atoms with Crippen LogP contribution in [0.15, 0.2) is 36.4 Å². The number of benzene rings is 2. The van der Waals surface area contributed by atoms with E-state index in [4.69, 9.17) is 4.74 Å². The first kappa shape index (κ1) is 14.1. The van der Waals surface area contributed by atoms with E-state index < -0.39 is 0 Å². The standard InChI is InChI=1S/C18H20FNO/c1-11-5-4-6-15(17(11)19)18(20-3)13-7-8-16-14(10-13)9-12(2)21-16/h4-8,10,12,18,20H,9H2,1-3H3. The van der Waals surface area contributed by atoms with Crippen LogP contribution in [0.3, 0.4) is 0 Å². The van der Waals surface area contributed by atoms with Gasteiger partial charge in [-0.15, -0.1) is 0 Å². The second-order valence-electron chi connectivity index (χ2n) is 5.70. The third-order valence-corrected chi connectivity index (χ3v) is 4.07. The second kappa shape index (κ2) is 5.49. The van der Waals surface area contributed by atoms with Crippen LogP contribution >= 0.6 is 0 Å². The maximum absolute atomic E-state index is 14.4. The van der Waals surface area contributed by atoms with E-state index in [1.54, 1.807) is 13.0 Å². The summed E-state index contributed by atoms with van der Waals surface area (Å²) in [7, 11) is 1.86. The maximum Gasteiger partial charge on any atom is 0.131 e. The molecule has 1 heterocycles. The quantitative estimate of drug-likeness (QED) is 0.927. The predicted octanol–water partition coefficient (Wildman–Crippen LogP) is 3.77. The Kier molecular flexibility index (Phi) is 3.68. The van der Waals surface area contributed by atoms with Gasteiger partial charge in [0.2, 0.25) is 0 Å². The fourth-order valence-electron chi connectivity index (χ4n) is 3.02. The SMILES string of the molecule is CNC(c1ccc2c(c1)CC(C)O2)c1cccc(C)c1F. The van der Waals surface area contributed by atoms with Gasteiger partial charge >= 0.3 is 0 Å². The van der Waals surface area contributed by atoms with Crippen molar-refractivity contribution >= 4 is 0 Å². The van der Waals surface area contributed by atoms with Gasteiger partial charge in [0, 0.05) is 12.0 Å². The van der Waals surface area contributed by atoms with Crippen molar-refractivity contribution in [1.82, 2.24) is 5.32 Å². The molecule has 0 saturated carbocycles. The summed E-state index contributed by atoms with van der Waals surface area (Å²) in [5.74, 6) is 0.813. The molecule has 3 heteroatoms. The van der Waals surface area contributed by atoms with Crippen molar-refractivity contribution < 1.29 is 9.13 Å². The van der Waals surface area contributed by atoms with E-state index in [0.717, 1.165) is 17.7 Å². The van der Waals surface area contributed by atoms with Gasteiger partial charge in [0.1, 0.15) is 17.7 Å². The van der Waals surface area contributed by atoms with E-state index in [2.05, 4.69) is 18.3 Å². The van der Waals surface area contributed by atoms with Crippen molar-refractivity contribution in [3.8, 4) is 5.75 Å². The van der Waals surface area contributed by atoms with E-state index in [1.807, 2.05) is 31.3 Å². The second-order valence-corrected chi connectivity index (χ2v) is 5.70. The lowest BCUT2D eigenvalue weighted by Crippen LogP contribution is -2.19. The molecular formula is C18H20FNO. The Labute approximate surface area is 125 Å². The van der Waals surface area contributed by atoms with Crippen LogP contribution in [0, 0.1) is 12.7 Å². The predicted molar refractivity (Wildman–Crippen MR) is 82.3 cm³/mol. The van der Waals surface area contributed by atoms with E-state index in [-0.39, 0.29) is 18.0 Å². The molecule has 1 aliphatic heterocycles. The third kappa shape index (κ3) is 2.54. The summed E-state index contributed by atoms with van der Waals surface area (Å²) in [5, 5.41) is 3.22. The van der Waals surface area contributed by atoms with E-state index in [1.165, 1.54) is 5.56 Å². The van der Waals surface area contributed by atoms with Gasteiger partial charge in [0.15, 0.2) is 0 Å². The van der Waals surface area contributed by atoms with Gasteiger partial charge < -0.3 is 10.1 Å². The molecule has 0 fully saturated rings. The fourth-order valence-corrected chi connectivity index (χ4v) is 3.02. The van der Waals surface area contributed by atoms with Crippen molar-refractivity contribution in [2.45, 2.75) is 32.4 Å². The van der Waals surface area contributed by atoms with Crippen LogP contribution in [0.25, 0.3) is 0 Å². The molecule has 2 aromatic rings. The average molecular weight is 285 g/mol. The Bertz CT molecular complexity index is 668. The molecule has 2 nitrogen and oxygen atoms in total. The number of nitrogens with one attached hydrogen (secondary N) is 1. The lowest BCUT2D eigenvalue weighted by molar-refractivity contribution is 0.254. The first-order valence-electron chi connectivity index (χ1n) is 7.32. The molecule has 110 valence electrons. The fraction of sp³-hybridized carbons (Fsp3) is 0.333. The molecule has 21 heavy (non-hydrogen) atoms. The number of rotatable bonds is 3. The number of hydrogen-bond acceptors (Lipinski definition) is 2.